The molecule has 0 saturated carbocycles. The first-order valence-electron chi connectivity index (χ1n) is 5.84. The molecule has 0 unspecified atom stereocenters. The van der Waals surface area contributed by atoms with Gasteiger partial charge >= 0.3 is 0 Å². The van der Waals surface area contributed by atoms with Crippen LogP contribution in [0.15, 0.2) is 50.5 Å². The van der Waals surface area contributed by atoms with Crippen molar-refractivity contribution in [2.75, 3.05) is 7.11 Å². The van der Waals surface area contributed by atoms with Gasteiger partial charge < -0.3 is 20.4 Å². The minimum absolute atomic E-state index is 0.0315. The monoisotopic (exact) mass is 414 g/mol. The predicted octanol–water partition coefficient (Wildman–Crippen LogP) is 4.11. The van der Waals surface area contributed by atoms with E-state index in [4.69, 9.17) is 20.4 Å². The highest BCUT2D eigenvalue weighted by Gasteiger charge is 2.12. The first-order chi connectivity index (χ1) is 10.0. The summed E-state index contributed by atoms with van der Waals surface area (Å²) in [5.41, 5.74) is 6.15. The number of oxime groups is 1. The number of hydrogen-bond acceptors (Lipinski definition) is 4. The normalized spacial score (nSPS) is 11.3. The fourth-order valence-corrected chi connectivity index (χ4v) is 2.45. The minimum Gasteiger partial charge on any atom is -0.497 e. The zero-order valence-electron chi connectivity index (χ0n) is 11.0. The van der Waals surface area contributed by atoms with Crippen molar-refractivity contribution in [3.8, 4) is 17.2 Å². The molecule has 0 aliphatic carbocycles. The van der Waals surface area contributed by atoms with E-state index in [2.05, 4.69) is 37.0 Å². The van der Waals surface area contributed by atoms with Crippen LogP contribution < -0.4 is 15.2 Å². The van der Waals surface area contributed by atoms with Gasteiger partial charge in [-0.25, -0.2) is 0 Å². The Balaban J connectivity index is 2.40. The Morgan fingerprint density at radius 2 is 1.86 bits per heavy atom. The average molecular weight is 416 g/mol. The summed E-state index contributed by atoms with van der Waals surface area (Å²) in [7, 11) is 1.59. The van der Waals surface area contributed by atoms with Gasteiger partial charge in [0.2, 0.25) is 0 Å². The lowest BCUT2D eigenvalue weighted by atomic mass is 10.2. The number of hydrogen-bond donors (Lipinski definition) is 2. The Morgan fingerprint density at radius 3 is 2.48 bits per heavy atom. The van der Waals surface area contributed by atoms with Crippen LogP contribution in [0.5, 0.6) is 17.2 Å². The van der Waals surface area contributed by atoms with Crippen LogP contribution in [0, 0.1) is 0 Å². The summed E-state index contributed by atoms with van der Waals surface area (Å²) in [6, 6.07) is 10.6. The van der Waals surface area contributed by atoms with E-state index in [0.717, 1.165) is 8.95 Å². The Hall–Kier alpha value is -1.73. The third-order valence-electron chi connectivity index (χ3n) is 2.68. The van der Waals surface area contributed by atoms with Gasteiger partial charge in [-0.1, -0.05) is 21.1 Å². The first-order valence-corrected chi connectivity index (χ1v) is 7.42. The highest BCUT2D eigenvalue weighted by atomic mass is 79.9. The van der Waals surface area contributed by atoms with Gasteiger partial charge in [-0.3, -0.25) is 0 Å². The fraction of sp³-hybridized carbons (Fsp3) is 0.0714. The summed E-state index contributed by atoms with van der Waals surface area (Å²) in [6.45, 7) is 0. The molecule has 0 bridgehead atoms. The second kappa shape index (κ2) is 6.82. The summed E-state index contributed by atoms with van der Waals surface area (Å²) in [5, 5.41) is 11.9. The van der Waals surface area contributed by atoms with Gasteiger partial charge in [0, 0.05) is 4.47 Å². The molecule has 0 spiro atoms. The van der Waals surface area contributed by atoms with Gasteiger partial charge in [-0.05, 0) is 52.3 Å². The summed E-state index contributed by atoms with van der Waals surface area (Å²) in [4.78, 5) is 0. The van der Waals surface area contributed by atoms with Crippen LogP contribution in [0.25, 0.3) is 0 Å². The van der Waals surface area contributed by atoms with Crippen LogP contribution >= 0.6 is 31.9 Å². The number of halogens is 2. The Labute approximate surface area is 138 Å². The second-order valence-corrected chi connectivity index (χ2v) is 5.79. The Bertz CT molecular complexity index is 690. The highest BCUT2D eigenvalue weighted by molar-refractivity contribution is 9.10. The lowest BCUT2D eigenvalue weighted by molar-refractivity contribution is 0.318. The SMILES string of the molecule is COc1ccc(Oc2ccc(Br)cc2/C(N)=N/O)c(Br)c1. The number of methoxy groups -OCH3 is 1. The quantitative estimate of drug-likeness (QED) is 0.341. The van der Waals surface area contributed by atoms with E-state index in [1.165, 1.54) is 0 Å². The number of rotatable bonds is 4. The van der Waals surface area contributed by atoms with E-state index >= 15 is 0 Å². The van der Waals surface area contributed by atoms with E-state index in [9.17, 15) is 0 Å². The van der Waals surface area contributed by atoms with Gasteiger partial charge in [0.1, 0.15) is 17.2 Å². The minimum atomic E-state index is -0.0315. The van der Waals surface area contributed by atoms with Crippen molar-refractivity contribution < 1.29 is 14.7 Å². The molecule has 2 rings (SSSR count). The molecule has 2 aromatic rings. The van der Waals surface area contributed by atoms with E-state index < -0.39 is 0 Å². The Kier molecular flexibility index (Phi) is 5.08. The molecule has 0 radical (unpaired) electrons. The molecule has 3 N–H and O–H groups in total. The van der Waals surface area contributed by atoms with Gasteiger partial charge in [-0.15, -0.1) is 0 Å². The molecule has 0 aliphatic rings. The molecule has 5 nitrogen and oxygen atoms in total. The lowest BCUT2D eigenvalue weighted by Gasteiger charge is -2.12. The van der Waals surface area contributed by atoms with Crippen LogP contribution in [0.2, 0.25) is 0 Å². The van der Waals surface area contributed by atoms with Crippen molar-refractivity contribution in [2.24, 2.45) is 10.9 Å². The van der Waals surface area contributed by atoms with Crippen molar-refractivity contribution in [3.63, 3.8) is 0 Å². The molecule has 0 fully saturated rings. The van der Waals surface area contributed by atoms with Crippen molar-refractivity contribution in [1.29, 1.82) is 0 Å². The van der Waals surface area contributed by atoms with Gasteiger partial charge in [0.15, 0.2) is 5.84 Å². The van der Waals surface area contributed by atoms with Gasteiger partial charge in [-0.2, -0.15) is 0 Å². The maximum atomic E-state index is 8.86. The highest BCUT2D eigenvalue weighted by Crippen LogP contribution is 2.34. The number of nitrogens with zero attached hydrogens (tertiary/aromatic N) is 1. The lowest BCUT2D eigenvalue weighted by Crippen LogP contribution is -2.14. The summed E-state index contributed by atoms with van der Waals surface area (Å²) < 4.78 is 12.5. The number of benzene rings is 2. The molecule has 7 heteroatoms. The van der Waals surface area contributed by atoms with Crippen molar-refractivity contribution in [2.45, 2.75) is 0 Å². The number of amidine groups is 1. The maximum absolute atomic E-state index is 8.86. The molecular formula is C14H12Br2N2O3. The van der Waals surface area contributed by atoms with Crippen molar-refractivity contribution in [3.05, 3.63) is 50.9 Å². The predicted molar refractivity (Wildman–Crippen MR) is 87.4 cm³/mol. The van der Waals surface area contributed by atoms with E-state index in [1.807, 2.05) is 0 Å². The smallest absolute Gasteiger partial charge is 0.173 e. The number of ether oxygens (including phenoxy) is 2. The van der Waals surface area contributed by atoms with E-state index in [0.29, 0.717) is 22.8 Å². The maximum Gasteiger partial charge on any atom is 0.173 e. The molecule has 0 amide bonds. The summed E-state index contributed by atoms with van der Waals surface area (Å²) in [6.07, 6.45) is 0. The van der Waals surface area contributed by atoms with E-state index in [1.54, 1.807) is 43.5 Å². The zero-order chi connectivity index (χ0) is 15.4. The zero-order valence-corrected chi connectivity index (χ0v) is 14.2. The van der Waals surface area contributed by atoms with Gasteiger partial charge in [0.05, 0.1) is 17.1 Å². The standard InChI is InChI=1S/C14H12Br2N2O3/c1-20-9-3-5-13(11(16)7-9)21-12-4-2-8(15)6-10(12)14(17)18-19/h2-7,19H,1H3,(H2,17,18). The topological polar surface area (TPSA) is 77.1 Å². The van der Waals surface area contributed by atoms with Gasteiger partial charge in [0.25, 0.3) is 0 Å². The number of nitrogens with two attached hydrogens (primary N) is 1. The average Bonchev–Trinajstić information content (AvgIpc) is 2.49. The molecule has 0 aromatic heterocycles. The fourth-order valence-electron chi connectivity index (χ4n) is 1.66. The van der Waals surface area contributed by atoms with Crippen molar-refractivity contribution >= 4 is 37.7 Å². The Morgan fingerprint density at radius 1 is 1.14 bits per heavy atom. The molecule has 110 valence electrons. The summed E-state index contributed by atoms with van der Waals surface area (Å²) in [5.74, 6) is 1.74. The molecule has 0 aliphatic heterocycles. The van der Waals surface area contributed by atoms with Crippen LogP contribution in [0.4, 0.5) is 0 Å². The van der Waals surface area contributed by atoms with Crippen molar-refractivity contribution in [1.82, 2.24) is 0 Å². The van der Waals surface area contributed by atoms with Crippen LogP contribution in [-0.2, 0) is 0 Å². The molecular weight excluding hydrogens is 404 g/mol. The molecule has 0 atom stereocenters. The molecule has 2 aromatic carbocycles. The summed E-state index contributed by atoms with van der Waals surface area (Å²) >= 11 is 6.75. The van der Waals surface area contributed by atoms with Crippen LogP contribution in [0.1, 0.15) is 5.56 Å². The molecule has 0 heterocycles. The largest absolute Gasteiger partial charge is 0.497 e. The third-order valence-corrected chi connectivity index (χ3v) is 3.80. The van der Waals surface area contributed by atoms with Crippen LogP contribution in [-0.4, -0.2) is 18.2 Å². The molecule has 0 saturated heterocycles. The van der Waals surface area contributed by atoms with Crippen LogP contribution in [0.3, 0.4) is 0 Å². The first kappa shape index (κ1) is 15.7. The van der Waals surface area contributed by atoms with E-state index in [-0.39, 0.29) is 5.84 Å². The third kappa shape index (κ3) is 3.68. The molecule has 21 heavy (non-hydrogen) atoms. The second-order valence-electron chi connectivity index (χ2n) is 4.02.